The molecule has 1 aromatic heterocycles. The van der Waals surface area contributed by atoms with E-state index >= 15 is 0 Å². The van der Waals surface area contributed by atoms with Gasteiger partial charge in [-0.25, -0.2) is 0 Å². The van der Waals surface area contributed by atoms with Crippen LogP contribution in [0.2, 0.25) is 0 Å². The summed E-state index contributed by atoms with van der Waals surface area (Å²) < 4.78 is 16.1. The second-order valence-corrected chi connectivity index (χ2v) is 8.13. The first kappa shape index (κ1) is 17.8. The van der Waals surface area contributed by atoms with Crippen LogP contribution < -0.4 is 9.47 Å². The van der Waals surface area contributed by atoms with Gasteiger partial charge in [0, 0.05) is 18.9 Å². The van der Waals surface area contributed by atoms with Crippen LogP contribution in [0.4, 0.5) is 0 Å². The molecule has 7 heteroatoms. The molecule has 3 heterocycles. The number of hydrogen-bond donors (Lipinski definition) is 0. The number of piperidine rings is 1. The van der Waals surface area contributed by atoms with Gasteiger partial charge in [0.2, 0.25) is 18.6 Å². The topological polar surface area (TPSA) is 77.7 Å². The molecule has 2 aliphatic rings. The third-order valence-electron chi connectivity index (χ3n) is 5.25. The molecule has 1 aromatic carbocycles. The molecular weight excluding hydrogens is 346 g/mol. The highest BCUT2D eigenvalue weighted by Crippen LogP contribution is 2.38. The van der Waals surface area contributed by atoms with Crippen LogP contribution in [-0.4, -0.2) is 34.3 Å². The molecule has 1 fully saturated rings. The monoisotopic (exact) mass is 371 g/mol. The fraction of sp³-hybridized carbons (Fsp3) is 0.550. The average Bonchev–Trinajstić information content (AvgIpc) is 3.27. The maximum atomic E-state index is 12.4. The van der Waals surface area contributed by atoms with Crippen molar-refractivity contribution >= 4 is 5.91 Å². The minimum atomic E-state index is -0.00772. The van der Waals surface area contributed by atoms with E-state index in [2.05, 4.69) is 23.1 Å². The maximum Gasteiger partial charge on any atom is 0.231 e. The van der Waals surface area contributed by atoms with E-state index in [1.165, 1.54) is 5.56 Å². The fourth-order valence-electron chi connectivity index (χ4n) is 3.76. The van der Waals surface area contributed by atoms with Gasteiger partial charge in [-0.1, -0.05) is 32.0 Å². The molecule has 0 bridgehead atoms. The molecule has 144 valence electrons. The van der Waals surface area contributed by atoms with Crippen molar-refractivity contribution in [3.8, 4) is 11.5 Å². The van der Waals surface area contributed by atoms with Gasteiger partial charge >= 0.3 is 0 Å². The van der Waals surface area contributed by atoms with Gasteiger partial charge in [0.1, 0.15) is 0 Å². The Hall–Kier alpha value is -2.57. The molecule has 2 aromatic rings. The summed E-state index contributed by atoms with van der Waals surface area (Å²) in [6, 6.07) is 6.08. The summed E-state index contributed by atoms with van der Waals surface area (Å²) in [7, 11) is 0. The molecule has 0 unspecified atom stereocenters. The lowest BCUT2D eigenvalue weighted by Gasteiger charge is -2.40. The number of likely N-dealkylation sites (tertiary alicyclic amines) is 1. The van der Waals surface area contributed by atoms with E-state index in [1.807, 2.05) is 30.9 Å². The number of nitrogens with zero attached hydrogens (tertiary/aromatic N) is 3. The summed E-state index contributed by atoms with van der Waals surface area (Å²) >= 11 is 0. The summed E-state index contributed by atoms with van der Waals surface area (Å²) in [5, 5.41) is 4.03. The number of benzene rings is 1. The number of ether oxygens (including phenoxy) is 2. The second-order valence-electron chi connectivity index (χ2n) is 8.13. The minimum absolute atomic E-state index is 0.00772. The molecule has 7 nitrogen and oxygen atoms in total. The predicted molar refractivity (Wildman–Crippen MR) is 97.4 cm³/mol. The largest absolute Gasteiger partial charge is 0.454 e. The number of aromatic nitrogens is 2. The Morgan fingerprint density at radius 1 is 1.26 bits per heavy atom. The van der Waals surface area contributed by atoms with Gasteiger partial charge in [0.25, 0.3) is 0 Å². The van der Waals surface area contributed by atoms with E-state index in [0.29, 0.717) is 31.2 Å². The molecule has 2 aliphatic heterocycles. The van der Waals surface area contributed by atoms with Gasteiger partial charge in [-0.2, -0.15) is 4.98 Å². The van der Waals surface area contributed by atoms with Crippen LogP contribution in [0.3, 0.4) is 0 Å². The second kappa shape index (κ2) is 6.87. The third-order valence-corrected chi connectivity index (χ3v) is 5.25. The van der Waals surface area contributed by atoms with E-state index in [0.717, 1.165) is 24.3 Å². The highest BCUT2D eigenvalue weighted by Gasteiger charge is 2.36. The molecule has 0 N–H and O–H groups in total. The number of carbonyl (C=O) groups excluding carboxylic acids is 1. The number of amides is 1. The number of rotatable bonds is 5. The Labute approximate surface area is 158 Å². The van der Waals surface area contributed by atoms with E-state index in [1.54, 1.807) is 0 Å². The molecule has 27 heavy (non-hydrogen) atoms. The lowest BCUT2D eigenvalue weighted by molar-refractivity contribution is -0.138. The van der Waals surface area contributed by atoms with Crippen molar-refractivity contribution in [1.82, 2.24) is 15.0 Å². The number of hydrogen-bond acceptors (Lipinski definition) is 6. The zero-order valence-electron chi connectivity index (χ0n) is 16.0. The lowest BCUT2D eigenvalue weighted by atomic mass is 9.76. The highest BCUT2D eigenvalue weighted by atomic mass is 16.7. The SMILES string of the molecule is CC(C)c1nc(CN2C[C@@](C)(Cc3ccc4c(c3)OCO4)CCC2=O)no1. The Kier molecular flexibility index (Phi) is 4.53. The number of fused-ring (bicyclic) bond motifs is 1. The Bertz CT molecular complexity index is 848. The first-order valence-corrected chi connectivity index (χ1v) is 9.41. The molecule has 0 spiro atoms. The molecule has 0 radical (unpaired) electrons. The molecule has 0 saturated carbocycles. The van der Waals surface area contributed by atoms with Crippen molar-refractivity contribution in [2.75, 3.05) is 13.3 Å². The summed E-state index contributed by atoms with van der Waals surface area (Å²) in [6.45, 7) is 7.59. The van der Waals surface area contributed by atoms with E-state index < -0.39 is 0 Å². The minimum Gasteiger partial charge on any atom is -0.454 e. The molecule has 1 atom stereocenters. The van der Waals surface area contributed by atoms with Gasteiger partial charge in [-0.05, 0) is 36.0 Å². The first-order valence-electron chi connectivity index (χ1n) is 9.41. The van der Waals surface area contributed by atoms with E-state index in [-0.39, 0.29) is 24.0 Å². The van der Waals surface area contributed by atoms with Crippen molar-refractivity contribution < 1.29 is 18.8 Å². The van der Waals surface area contributed by atoms with Gasteiger partial charge in [0.15, 0.2) is 17.3 Å². The van der Waals surface area contributed by atoms with Crippen LogP contribution in [0.1, 0.15) is 56.8 Å². The van der Waals surface area contributed by atoms with Crippen LogP contribution in [0, 0.1) is 5.41 Å². The molecule has 1 saturated heterocycles. The van der Waals surface area contributed by atoms with Gasteiger partial charge in [-0.15, -0.1) is 0 Å². The van der Waals surface area contributed by atoms with Crippen molar-refractivity contribution in [2.24, 2.45) is 5.41 Å². The van der Waals surface area contributed by atoms with Crippen molar-refractivity contribution in [2.45, 2.75) is 52.5 Å². The van der Waals surface area contributed by atoms with Gasteiger partial charge in [-0.3, -0.25) is 4.79 Å². The summed E-state index contributed by atoms with van der Waals surface area (Å²) in [6.07, 6.45) is 2.27. The Morgan fingerprint density at radius 2 is 2.07 bits per heavy atom. The third kappa shape index (κ3) is 3.77. The average molecular weight is 371 g/mol. The van der Waals surface area contributed by atoms with E-state index in [9.17, 15) is 4.79 Å². The zero-order chi connectivity index (χ0) is 19.0. The van der Waals surface area contributed by atoms with Crippen molar-refractivity contribution in [1.29, 1.82) is 0 Å². The van der Waals surface area contributed by atoms with Crippen molar-refractivity contribution in [3.05, 3.63) is 35.5 Å². The zero-order valence-corrected chi connectivity index (χ0v) is 16.0. The standard InChI is InChI=1S/C20H25N3O4/c1-13(2)19-21-17(22-27-19)10-23-11-20(3,7-6-18(23)24)9-14-4-5-15-16(8-14)26-12-25-15/h4-5,8,13H,6-7,9-12H2,1-3H3/t20-/m1/s1. The normalized spacial score (nSPS) is 21.9. The molecule has 4 rings (SSSR count). The molecule has 1 amide bonds. The maximum absolute atomic E-state index is 12.4. The van der Waals surface area contributed by atoms with Crippen molar-refractivity contribution in [3.63, 3.8) is 0 Å². The van der Waals surface area contributed by atoms with Crippen LogP contribution >= 0.6 is 0 Å². The van der Waals surface area contributed by atoms with Crippen LogP contribution in [-0.2, 0) is 17.8 Å². The number of carbonyl (C=O) groups is 1. The van der Waals surface area contributed by atoms with Gasteiger partial charge in [0.05, 0.1) is 6.54 Å². The fourth-order valence-corrected chi connectivity index (χ4v) is 3.76. The van der Waals surface area contributed by atoms with Crippen LogP contribution in [0.5, 0.6) is 11.5 Å². The Morgan fingerprint density at radius 3 is 2.85 bits per heavy atom. The quantitative estimate of drug-likeness (QED) is 0.803. The summed E-state index contributed by atoms with van der Waals surface area (Å²) in [5.74, 6) is 3.10. The van der Waals surface area contributed by atoms with Gasteiger partial charge < -0.3 is 18.9 Å². The lowest BCUT2D eigenvalue weighted by Crippen LogP contribution is -2.45. The first-order chi connectivity index (χ1) is 12.9. The molecular formula is C20H25N3O4. The Balaban J connectivity index is 1.46. The van der Waals surface area contributed by atoms with Crippen LogP contribution in [0.25, 0.3) is 0 Å². The smallest absolute Gasteiger partial charge is 0.231 e. The highest BCUT2D eigenvalue weighted by molar-refractivity contribution is 5.77. The predicted octanol–water partition coefficient (Wildman–Crippen LogP) is 3.29. The van der Waals surface area contributed by atoms with Crippen LogP contribution in [0.15, 0.2) is 22.7 Å². The summed E-state index contributed by atoms with van der Waals surface area (Å²) in [4.78, 5) is 18.7. The van der Waals surface area contributed by atoms with E-state index in [4.69, 9.17) is 14.0 Å². The molecule has 0 aliphatic carbocycles. The summed E-state index contributed by atoms with van der Waals surface area (Å²) in [5.41, 5.74) is 1.18.